The van der Waals surface area contributed by atoms with Crippen LogP contribution in [0.3, 0.4) is 0 Å². The fourth-order valence-electron chi connectivity index (χ4n) is 1.80. The minimum Gasteiger partial charge on any atom is -0.357 e. The second kappa shape index (κ2) is 6.24. The maximum atomic E-state index is 6.22. The second-order valence-electron chi connectivity index (χ2n) is 4.29. The number of benzene rings is 1. The van der Waals surface area contributed by atoms with E-state index in [1.54, 1.807) is 7.05 Å². The van der Waals surface area contributed by atoms with E-state index in [9.17, 15) is 0 Å². The molecule has 5 nitrogen and oxygen atoms in total. The first kappa shape index (κ1) is 14.8. The van der Waals surface area contributed by atoms with E-state index >= 15 is 0 Å². The number of nitrogens with zero attached hydrogens (tertiary/aromatic N) is 4. The Morgan fingerprint density at radius 1 is 1.15 bits per heavy atom. The Balaban J connectivity index is 2.33. The van der Waals surface area contributed by atoms with Gasteiger partial charge in [-0.3, -0.25) is 0 Å². The third-order valence-corrected chi connectivity index (χ3v) is 3.58. The molecule has 0 bridgehead atoms. The number of rotatable bonds is 4. The Morgan fingerprint density at radius 2 is 1.85 bits per heavy atom. The van der Waals surface area contributed by atoms with Crippen LogP contribution in [-0.4, -0.2) is 29.0 Å². The van der Waals surface area contributed by atoms with Gasteiger partial charge in [-0.2, -0.15) is 15.0 Å². The van der Waals surface area contributed by atoms with E-state index in [0.29, 0.717) is 16.9 Å². The summed E-state index contributed by atoms with van der Waals surface area (Å²) in [5, 5.41) is 3.71. The van der Waals surface area contributed by atoms with Crippen LogP contribution in [0.5, 0.6) is 0 Å². The molecule has 1 unspecified atom stereocenters. The van der Waals surface area contributed by atoms with Crippen LogP contribution in [0, 0.1) is 0 Å². The lowest BCUT2D eigenvalue weighted by molar-refractivity contribution is 0.712. The number of anilines is 2. The SMILES string of the molecule is CNc1nc(Cl)nc(N(C)C(C)c2ccccc2Cl)n1. The molecular formula is C13H15Cl2N5. The summed E-state index contributed by atoms with van der Waals surface area (Å²) in [5.41, 5.74) is 0.999. The normalized spacial score (nSPS) is 12.1. The van der Waals surface area contributed by atoms with Gasteiger partial charge in [0, 0.05) is 19.1 Å². The van der Waals surface area contributed by atoms with E-state index in [1.165, 1.54) is 0 Å². The Kier molecular flexibility index (Phi) is 4.62. The van der Waals surface area contributed by atoms with Crippen molar-refractivity contribution in [3.63, 3.8) is 0 Å². The Bertz CT molecular complexity index is 605. The van der Waals surface area contributed by atoms with Crippen molar-refractivity contribution in [2.75, 3.05) is 24.3 Å². The van der Waals surface area contributed by atoms with Crippen LogP contribution in [0.4, 0.5) is 11.9 Å². The lowest BCUT2D eigenvalue weighted by atomic mass is 10.1. The molecule has 7 heteroatoms. The van der Waals surface area contributed by atoms with E-state index in [2.05, 4.69) is 20.3 Å². The smallest absolute Gasteiger partial charge is 0.231 e. The number of hydrogen-bond acceptors (Lipinski definition) is 5. The van der Waals surface area contributed by atoms with Gasteiger partial charge < -0.3 is 10.2 Å². The Morgan fingerprint density at radius 3 is 2.50 bits per heavy atom. The monoisotopic (exact) mass is 311 g/mol. The Hall–Kier alpha value is -1.59. The molecule has 0 amide bonds. The molecule has 0 aliphatic rings. The first-order chi connectivity index (χ1) is 9.52. The van der Waals surface area contributed by atoms with Gasteiger partial charge in [-0.05, 0) is 30.2 Å². The molecule has 2 rings (SSSR count). The molecule has 0 spiro atoms. The van der Waals surface area contributed by atoms with Crippen LogP contribution in [0.25, 0.3) is 0 Å². The highest BCUT2D eigenvalue weighted by Gasteiger charge is 2.18. The van der Waals surface area contributed by atoms with E-state index < -0.39 is 0 Å². The van der Waals surface area contributed by atoms with E-state index in [1.807, 2.05) is 43.1 Å². The number of hydrogen-bond donors (Lipinski definition) is 1. The molecule has 2 aromatic rings. The second-order valence-corrected chi connectivity index (χ2v) is 5.03. The average molecular weight is 312 g/mol. The third-order valence-electron chi connectivity index (χ3n) is 3.07. The molecule has 1 aromatic carbocycles. The van der Waals surface area contributed by atoms with Gasteiger partial charge >= 0.3 is 0 Å². The molecule has 0 radical (unpaired) electrons. The summed E-state index contributed by atoms with van der Waals surface area (Å²) in [6.45, 7) is 2.03. The van der Waals surface area contributed by atoms with Crippen molar-refractivity contribution in [1.82, 2.24) is 15.0 Å². The summed E-state index contributed by atoms with van der Waals surface area (Å²) in [5.74, 6) is 0.917. The van der Waals surface area contributed by atoms with Crippen molar-refractivity contribution in [2.24, 2.45) is 0 Å². The highest BCUT2D eigenvalue weighted by molar-refractivity contribution is 6.31. The zero-order valence-corrected chi connectivity index (χ0v) is 12.9. The lowest BCUT2D eigenvalue weighted by Crippen LogP contribution is -2.24. The summed E-state index contributed by atoms with van der Waals surface area (Å²) in [7, 11) is 3.62. The molecule has 20 heavy (non-hydrogen) atoms. The van der Waals surface area contributed by atoms with Crippen molar-refractivity contribution in [3.8, 4) is 0 Å². The van der Waals surface area contributed by atoms with Crippen molar-refractivity contribution < 1.29 is 0 Å². The molecule has 106 valence electrons. The average Bonchev–Trinajstić information content (AvgIpc) is 2.45. The Labute approximate surface area is 128 Å². The van der Waals surface area contributed by atoms with Gasteiger partial charge in [0.05, 0.1) is 6.04 Å². The third kappa shape index (κ3) is 3.11. The molecule has 0 saturated carbocycles. The van der Waals surface area contributed by atoms with Crippen LogP contribution in [0.2, 0.25) is 10.3 Å². The largest absolute Gasteiger partial charge is 0.357 e. The molecule has 0 saturated heterocycles. The van der Waals surface area contributed by atoms with Crippen LogP contribution >= 0.6 is 23.2 Å². The highest BCUT2D eigenvalue weighted by atomic mass is 35.5. The fourth-order valence-corrected chi connectivity index (χ4v) is 2.25. The molecule has 0 aliphatic carbocycles. The van der Waals surface area contributed by atoms with E-state index in [0.717, 1.165) is 5.56 Å². The topological polar surface area (TPSA) is 53.9 Å². The van der Waals surface area contributed by atoms with E-state index in [4.69, 9.17) is 23.2 Å². The summed E-state index contributed by atoms with van der Waals surface area (Å²) < 4.78 is 0. The van der Waals surface area contributed by atoms with Gasteiger partial charge in [-0.1, -0.05) is 29.8 Å². The number of aromatic nitrogens is 3. The van der Waals surface area contributed by atoms with E-state index in [-0.39, 0.29) is 11.3 Å². The van der Waals surface area contributed by atoms with Crippen molar-refractivity contribution in [2.45, 2.75) is 13.0 Å². The summed E-state index contributed by atoms with van der Waals surface area (Å²) in [4.78, 5) is 14.3. The molecule has 0 aliphatic heterocycles. The van der Waals surface area contributed by atoms with Gasteiger partial charge in [-0.25, -0.2) is 0 Å². The van der Waals surface area contributed by atoms with Crippen LogP contribution in [-0.2, 0) is 0 Å². The summed E-state index contributed by atoms with van der Waals surface area (Å²) in [6, 6.07) is 7.70. The maximum Gasteiger partial charge on any atom is 0.231 e. The minimum absolute atomic E-state index is 0.00636. The predicted molar refractivity (Wildman–Crippen MR) is 82.7 cm³/mol. The maximum absolute atomic E-state index is 6.22. The standard InChI is InChI=1S/C13H15Cl2N5/c1-8(9-6-4-5-7-10(9)14)20(3)13-18-11(15)17-12(16-2)19-13/h4-8H,1-3H3,(H,16,17,18,19). The molecule has 1 heterocycles. The molecule has 0 fully saturated rings. The van der Waals surface area contributed by atoms with Gasteiger partial charge in [-0.15, -0.1) is 0 Å². The van der Waals surface area contributed by atoms with Crippen molar-refractivity contribution in [3.05, 3.63) is 40.1 Å². The minimum atomic E-state index is 0.00636. The van der Waals surface area contributed by atoms with Gasteiger partial charge in [0.15, 0.2) is 0 Å². The van der Waals surface area contributed by atoms with Crippen LogP contribution in [0.15, 0.2) is 24.3 Å². The molecular weight excluding hydrogens is 297 g/mol. The zero-order valence-electron chi connectivity index (χ0n) is 11.4. The van der Waals surface area contributed by atoms with Crippen LogP contribution < -0.4 is 10.2 Å². The fraction of sp³-hybridized carbons (Fsp3) is 0.308. The summed E-state index contributed by atoms with van der Waals surface area (Å²) in [6.07, 6.45) is 0. The zero-order chi connectivity index (χ0) is 14.7. The van der Waals surface area contributed by atoms with Crippen molar-refractivity contribution in [1.29, 1.82) is 0 Å². The molecule has 1 aromatic heterocycles. The first-order valence-corrected chi connectivity index (χ1v) is 6.85. The first-order valence-electron chi connectivity index (χ1n) is 6.09. The lowest BCUT2D eigenvalue weighted by Gasteiger charge is -2.26. The van der Waals surface area contributed by atoms with Gasteiger partial charge in [0.2, 0.25) is 17.2 Å². The van der Waals surface area contributed by atoms with Gasteiger partial charge in [0.25, 0.3) is 0 Å². The molecule has 1 atom stereocenters. The number of nitrogens with one attached hydrogen (secondary N) is 1. The highest BCUT2D eigenvalue weighted by Crippen LogP contribution is 2.28. The van der Waals surface area contributed by atoms with Gasteiger partial charge in [0.1, 0.15) is 0 Å². The number of halogens is 2. The van der Waals surface area contributed by atoms with Crippen molar-refractivity contribution >= 4 is 35.1 Å². The van der Waals surface area contributed by atoms with Crippen LogP contribution in [0.1, 0.15) is 18.5 Å². The molecule has 1 N–H and O–H groups in total. The quantitative estimate of drug-likeness (QED) is 0.937. The summed E-state index contributed by atoms with van der Waals surface area (Å²) >= 11 is 12.1. The predicted octanol–water partition coefficient (Wildman–Crippen LogP) is 3.42.